The zero-order valence-corrected chi connectivity index (χ0v) is 21.0. The summed E-state index contributed by atoms with van der Waals surface area (Å²) in [6.07, 6.45) is 3.46. The van der Waals surface area contributed by atoms with Gasteiger partial charge in [-0.15, -0.1) is 0 Å². The minimum absolute atomic E-state index is 0.106. The van der Waals surface area contributed by atoms with Crippen LogP contribution < -0.4 is 4.72 Å². The zero-order chi connectivity index (χ0) is 25.6. The number of sulfonamides is 1. The number of unbranched alkanes of at least 4 members (excludes halogenated alkanes) is 1. The lowest BCUT2D eigenvalue weighted by atomic mass is 9.97. The third kappa shape index (κ3) is 7.41. The number of nitrogens with zero attached hydrogens (tertiary/aromatic N) is 1. The lowest BCUT2D eigenvalue weighted by Crippen LogP contribution is -2.41. The highest BCUT2D eigenvalue weighted by atomic mass is 32.2. The van der Waals surface area contributed by atoms with Crippen molar-refractivity contribution in [3.05, 3.63) is 59.2 Å². The SMILES string of the molecule is CCCCC(=O)N1CCC(CS(=O)(=O)NCC(=O)c2cc(-c3cccc(F)c3)cc(C)c2F)CC1. The molecule has 0 bridgehead atoms. The molecule has 0 unspecified atom stereocenters. The number of carbonyl (C=O) groups excluding carboxylic acids is 2. The number of rotatable bonds is 10. The van der Waals surface area contributed by atoms with Crippen LogP contribution in [-0.2, 0) is 14.8 Å². The summed E-state index contributed by atoms with van der Waals surface area (Å²) < 4.78 is 55.8. The average molecular weight is 507 g/mol. The fourth-order valence-corrected chi connectivity index (χ4v) is 5.71. The molecule has 190 valence electrons. The number of hydrogen-bond donors (Lipinski definition) is 1. The van der Waals surface area contributed by atoms with Crippen LogP contribution in [0.4, 0.5) is 8.78 Å². The Bertz CT molecular complexity index is 1180. The second kappa shape index (κ2) is 11.9. The van der Waals surface area contributed by atoms with Gasteiger partial charge < -0.3 is 4.90 Å². The Morgan fingerprint density at radius 3 is 2.46 bits per heavy atom. The summed E-state index contributed by atoms with van der Waals surface area (Å²) in [6, 6.07) is 8.57. The molecule has 1 amide bonds. The molecular weight excluding hydrogens is 474 g/mol. The Balaban J connectivity index is 1.59. The van der Waals surface area contributed by atoms with Crippen molar-refractivity contribution in [3.63, 3.8) is 0 Å². The molecule has 0 aromatic heterocycles. The van der Waals surface area contributed by atoms with E-state index in [9.17, 15) is 26.8 Å². The fraction of sp³-hybridized carbons (Fsp3) is 0.462. The second-order valence-electron chi connectivity index (χ2n) is 9.12. The summed E-state index contributed by atoms with van der Waals surface area (Å²) in [6.45, 7) is 4.01. The van der Waals surface area contributed by atoms with Gasteiger partial charge in [0.1, 0.15) is 11.6 Å². The minimum atomic E-state index is -3.77. The third-order valence-corrected chi connectivity index (χ3v) is 7.83. The molecule has 2 aromatic carbocycles. The normalized spacial score (nSPS) is 14.8. The van der Waals surface area contributed by atoms with Gasteiger partial charge in [0.15, 0.2) is 5.78 Å². The van der Waals surface area contributed by atoms with E-state index < -0.39 is 34.0 Å². The molecule has 35 heavy (non-hydrogen) atoms. The van der Waals surface area contributed by atoms with Crippen LogP contribution in [0.3, 0.4) is 0 Å². The first-order chi connectivity index (χ1) is 16.6. The van der Waals surface area contributed by atoms with E-state index in [1.54, 1.807) is 11.0 Å². The van der Waals surface area contributed by atoms with Crippen LogP contribution in [0.2, 0.25) is 0 Å². The van der Waals surface area contributed by atoms with Gasteiger partial charge in [-0.3, -0.25) is 9.59 Å². The summed E-state index contributed by atoms with van der Waals surface area (Å²) in [4.78, 5) is 26.7. The summed E-state index contributed by atoms with van der Waals surface area (Å²) in [5.74, 6) is -2.05. The average Bonchev–Trinajstić information content (AvgIpc) is 2.83. The van der Waals surface area contributed by atoms with E-state index in [1.165, 1.54) is 37.3 Å². The van der Waals surface area contributed by atoms with Crippen LogP contribution in [0.15, 0.2) is 36.4 Å². The van der Waals surface area contributed by atoms with E-state index in [0.717, 1.165) is 12.8 Å². The fourth-order valence-electron chi connectivity index (χ4n) is 4.28. The van der Waals surface area contributed by atoms with Gasteiger partial charge in [0, 0.05) is 19.5 Å². The highest BCUT2D eigenvalue weighted by Gasteiger charge is 2.27. The van der Waals surface area contributed by atoms with Gasteiger partial charge in [0.2, 0.25) is 15.9 Å². The van der Waals surface area contributed by atoms with Gasteiger partial charge in [0.05, 0.1) is 17.9 Å². The molecule has 0 saturated carbocycles. The molecule has 1 fully saturated rings. The van der Waals surface area contributed by atoms with Crippen LogP contribution >= 0.6 is 0 Å². The van der Waals surface area contributed by atoms with E-state index >= 15 is 0 Å². The zero-order valence-electron chi connectivity index (χ0n) is 20.1. The van der Waals surface area contributed by atoms with Crippen LogP contribution in [0, 0.1) is 24.5 Å². The van der Waals surface area contributed by atoms with E-state index in [2.05, 4.69) is 4.72 Å². The molecular formula is C26H32F2N2O4S. The quantitative estimate of drug-likeness (QED) is 0.482. The first-order valence-electron chi connectivity index (χ1n) is 11.9. The largest absolute Gasteiger partial charge is 0.343 e. The van der Waals surface area contributed by atoms with E-state index in [0.29, 0.717) is 43.5 Å². The summed E-state index contributed by atoms with van der Waals surface area (Å²) in [7, 11) is -3.77. The molecule has 1 heterocycles. The second-order valence-corrected chi connectivity index (χ2v) is 11.0. The summed E-state index contributed by atoms with van der Waals surface area (Å²) >= 11 is 0. The van der Waals surface area contributed by atoms with Crippen molar-refractivity contribution < 1.29 is 26.8 Å². The van der Waals surface area contributed by atoms with E-state index in [1.807, 2.05) is 6.92 Å². The Morgan fingerprint density at radius 2 is 1.80 bits per heavy atom. The predicted octanol–water partition coefficient (Wildman–Crippen LogP) is 4.47. The molecule has 0 radical (unpaired) electrons. The highest BCUT2D eigenvalue weighted by molar-refractivity contribution is 7.89. The number of carbonyl (C=O) groups is 2. The number of ketones is 1. The van der Waals surface area contributed by atoms with Gasteiger partial charge in [-0.1, -0.05) is 25.5 Å². The molecule has 0 spiro atoms. The van der Waals surface area contributed by atoms with E-state index in [-0.39, 0.29) is 28.7 Å². The summed E-state index contributed by atoms with van der Waals surface area (Å²) in [5.41, 5.74) is 0.918. The van der Waals surface area contributed by atoms with Crippen molar-refractivity contribution in [2.45, 2.75) is 46.0 Å². The van der Waals surface area contributed by atoms with Crippen LogP contribution in [0.1, 0.15) is 54.9 Å². The lowest BCUT2D eigenvalue weighted by Gasteiger charge is -2.32. The predicted molar refractivity (Wildman–Crippen MR) is 131 cm³/mol. The number of benzene rings is 2. The molecule has 0 atom stereocenters. The molecule has 1 aliphatic rings. The van der Waals surface area contributed by atoms with Crippen LogP contribution in [0.25, 0.3) is 11.1 Å². The number of halogens is 2. The number of Topliss-reactive ketones (excluding diaryl/α,β-unsaturated/α-hetero) is 1. The first-order valence-corrected chi connectivity index (χ1v) is 13.6. The molecule has 6 nitrogen and oxygen atoms in total. The topological polar surface area (TPSA) is 83.6 Å². The number of amides is 1. The van der Waals surface area contributed by atoms with Gasteiger partial charge in [-0.2, -0.15) is 0 Å². The first kappa shape index (κ1) is 26.9. The van der Waals surface area contributed by atoms with Gasteiger partial charge in [0.25, 0.3) is 0 Å². The van der Waals surface area contributed by atoms with Crippen molar-refractivity contribution in [1.29, 1.82) is 0 Å². The van der Waals surface area contributed by atoms with Crippen molar-refractivity contribution in [3.8, 4) is 11.1 Å². The monoisotopic (exact) mass is 506 g/mol. The van der Waals surface area contributed by atoms with Gasteiger partial charge >= 0.3 is 0 Å². The number of nitrogens with one attached hydrogen (secondary N) is 1. The van der Waals surface area contributed by atoms with Crippen molar-refractivity contribution >= 4 is 21.7 Å². The molecule has 3 rings (SSSR count). The van der Waals surface area contributed by atoms with Crippen molar-refractivity contribution in [2.24, 2.45) is 5.92 Å². The number of aryl methyl sites for hydroxylation is 1. The molecule has 1 N–H and O–H groups in total. The molecule has 1 aliphatic heterocycles. The van der Waals surface area contributed by atoms with Crippen molar-refractivity contribution in [2.75, 3.05) is 25.4 Å². The maximum Gasteiger partial charge on any atom is 0.222 e. The van der Waals surface area contributed by atoms with Crippen LogP contribution in [0.5, 0.6) is 0 Å². The Hall–Kier alpha value is -2.65. The standard InChI is InChI=1S/C26H32F2N2O4S/c1-3-4-8-25(32)30-11-9-19(10-12-30)17-35(33,34)29-16-24(31)23-15-21(13-18(2)26(23)28)20-6-5-7-22(27)14-20/h5-7,13-15,19,29H,3-4,8-12,16-17H2,1-2H3. The Kier molecular flexibility index (Phi) is 9.13. The minimum Gasteiger partial charge on any atom is -0.343 e. The molecule has 2 aromatic rings. The Morgan fingerprint density at radius 1 is 1.09 bits per heavy atom. The molecule has 1 saturated heterocycles. The highest BCUT2D eigenvalue weighted by Crippen LogP contribution is 2.26. The maximum atomic E-state index is 14.7. The maximum absolute atomic E-state index is 14.7. The number of hydrogen-bond acceptors (Lipinski definition) is 4. The third-order valence-electron chi connectivity index (χ3n) is 6.33. The lowest BCUT2D eigenvalue weighted by molar-refractivity contribution is -0.132. The molecule has 9 heteroatoms. The molecule has 0 aliphatic carbocycles. The van der Waals surface area contributed by atoms with Gasteiger partial charge in [-0.25, -0.2) is 21.9 Å². The van der Waals surface area contributed by atoms with E-state index in [4.69, 9.17) is 0 Å². The van der Waals surface area contributed by atoms with Gasteiger partial charge in [-0.05, 0) is 73.1 Å². The van der Waals surface area contributed by atoms with Crippen molar-refractivity contribution in [1.82, 2.24) is 9.62 Å². The number of piperidine rings is 1. The number of likely N-dealkylation sites (tertiary alicyclic amines) is 1. The summed E-state index contributed by atoms with van der Waals surface area (Å²) in [5, 5.41) is 0. The van der Waals surface area contributed by atoms with Crippen LogP contribution in [-0.4, -0.2) is 50.4 Å². The smallest absolute Gasteiger partial charge is 0.222 e. The Labute approximate surface area is 205 Å².